The van der Waals surface area contributed by atoms with Crippen LogP contribution in [0, 0.1) is 5.92 Å². The maximum Gasteiger partial charge on any atom is 0.225 e. The summed E-state index contributed by atoms with van der Waals surface area (Å²) in [6.45, 7) is 2.88. The second-order valence-corrected chi connectivity index (χ2v) is 6.89. The van der Waals surface area contributed by atoms with Crippen molar-refractivity contribution in [2.75, 3.05) is 17.7 Å². The van der Waals surface area contributed by atoms with Gasteiger partial charge in [0.1, 0.15) is 11.6 Å². The average Bonchev–Trinajstić information content (AvgIpc) is 3.52. The van der Waals surface area contributed by atoms with E-state index in [0.29, 0.717) is 18.5 Å². The van der Waals surface area contributed by atoms with Gasteiger partial charge in [-0.1, -0.05) is 24.3 Å². The summed E-state index contributed by atoms with van der Waals surface area (Å²) >= 11 is 0. The van der Waals surface area contributed by atoms with E-state index in [9.17, 15) is 0 Å². The molecule has 1 aliphatic rings. The number of anilines is 2. The molecular weight excluding hydrogens is 324 g/mol. The Balaban J connectivity index is 1.57. The van der Waals surface area contributed by atoms with Crippen LogP contribution in [0.15, 0.2) is 48.5 Å². The Bertz CT molecular complexity index is 907. The van der Waals surface area contributed by atoms with Gasteiger partial charge in [-0.2, -0.15) is 4.98 Å². The van der Waals surface area contributed by atoms with Gasteiger partial charge in [0.15, 0.2) is 0 Å². The summed E-state index contributed by atoms with van der Waals surface area (Å²) in [5, 5.41) is 8.00. The van der Waals surface area contributed by atoms with Crippen molar-refractivity contribution in [3.05, 3.63) is 54.1 Å². The topological polar surface area (TPSA) is 59.1 Å². The molecule has 3 aromatic rings. The van der Waals surface area contributed by atoms with Crippen molar-refractivity contribution in [1.82, 2.24) is 9.97 Å². The van der Waals surface area contributed by atoms with Crippen LogP contribution in [0.2, 0.25) is 0 Å². The summed E-state index contributed by atoms with van der Waals surface area (Å²) in [7, 11) is 1.68. The SMILES string of the molecule is COc1cccc(CNc2nc(NC(C)C3CC3)c3ccccc3n2)c1. The van der Waals surface area contributed by atoms with E-state index in [2.05, 4.69) is 34.7 Å². The fourth-order valence-electron chi connectivity index (χ4n) is 3.16. The lowest BCUT2D eigenvalue weighted by Gasteiger charge is -2.16. The van der Waals surface area contributed by atoms with E-state index in [1.165, 1.54) is 12.8 Å². The van der Waals surface area contributed by atoms with Crippen molar-refractivity contribution in [2.24, 2.45) is 5.92 Å². The summed E-state index contributed by atoms with van der Waals surface area (Å²) in [6.07, 6.45) is 2.61. The molecule has 1 aliphatic carbocycles. The monoisotopic (exact) mass is 348 g/mol. The highest BCUT2D eigenvalue weighted by atomic mass is 16.5. The van der Waals surface area contributed by atoms with Gasteiger partial charge in [-0.05, 0) is 55.5 Å². The highest BCUT2D eigenvalue weighted by molar-refractivity contribution is 5.90. The molecule has 0 bridgehead atoms. The largest absolute Gasteiger partial charge is 0.497 e. The number of para-hydroxylation sites is 1. The standard InChI is InChI=1S/C21H24N4O/c1-14(16-10-11-16)23-20-18-8-3-4-9-19(18)24-21(25-20)22-13-15-6-5-7-17(12-15)26-2/h3-9,12,14,16H,10-11,13H2,1-2H3,(H2,22,23,24,25). The zero-order chi connectivity index (χ0) is 17.9. The van der Waals surface area contributed by atoms with Crippen molar-refractivity contribution in [2.45, 2.75) is 32.4 Å². The number of methoxy groups -OCH3 is 1. The number of aromatic nitrogens is 2. The van der Waals surface area contributed by atoms with Gasteiger partial charge >= 0.3 is 0 Å². The Morgan fingerprint density at radius 2 is 1.96 bits per heavy atom. The molecule has 26 heavy (non-hydrogen) atoms. The second-order valence-electron chi connectivity index (χ2n) is 6.89. The van der Waals surface area contributed by atoms with Crippen molar-refractivity contribution in [3.8, 4) is 5.75 Å². The Kier molecular flexibility index (Phi) is 4.61. The third kappa shape index (κ3) is 3.72. The number of nitrogens with one attached hydrogen (secondary N) is 2. The van der Waals surface area contributed by atoms with Crippen LogP contribution in [0.1, 0.15) is 25.3 Å². The zero-order valence-electron chi connectivity index (χ0n) is 15.2. The summed E-state index contributed by atoms with van der Waals surface area (Å²) in [5.74, 6) is 3.15. The molecule has 0 spiro atoms. The Labute approximate surface area is 153 Å². The van der Waals surface area contributed by atoms with Gasteiger partial charge in [0.05, 0.1) is 12.6 Å². The van der Waals surface area contributed by atoms with E-state index in [0.717, 1.165) is 34.0 Å². The van der Waals surface area contributed by atoms with Gasteiger partial charge < -0.3 is 15.4 Å². The lowest BCUT2D eigenvalue weighted by Crippen LogP contribution is -2.19. The van der Waals surface area contributed by atoms with Crippen LogP contribution in [0.3, 0.4) is 0 Å². The number of rotatable bonds is 7. The first-order valence-corrected chi connectivity index (χ1v) is 9.13. The quantitative estimate of drug-likeness (QED) is 0.660. The van der Waals surface area contributed by atoms with Crippen LogP contribution >= 0.6 is 0 Å². The number of hydrogen-bond acceptors (Lipinski definition) is 5. The number of benzene rings is 2. The first kappa shape index (κ1) is 16.6. The second kappa shape index (κ2) is 7.20. The molecule has 1 saturated carbocycles. The highest BCUT2D eigenvalue weighted by Crippen LogP contribution is 2.34. The molecule has 1 atom stereocenters. The van der Waals surface area contributed by atoms with E-state index in [4.69, 9.17) is 9.72 Å². The molecule has 0 saturated heterocycles. The van der Waals surface area contributed by atoms with E-state index in [-0.39, 0.29) is 0 Å². The number of fused-ring (bicyclic) bond motifs is 1. The minimum atomic E-state index is 0.430. The fraction of sp³-hybridized carbons (Fsp3) is 0.333. The average molecular weight is 348 g/mol. The Hall–Kier alpha value is -2.82. The number of nitrogens with zero attached hydrogens (tertiary/aromatic N) is 2. The van der Waals surface area contributed by atoms with Crippen LogP contribution in [0.25, 0.3) is 10.9 Å². The van der Waals surface area contributed by atoms with Crippen LogP contribution in [0.5, 0.6) is 5.75 Å². The Morgan fingerprint density at radius 1 is 1.12 bits per heavy atom. The third-order valence-corrected chi connectivity index (χ3v) is 4.88. The predicted octanol–water partition coefficient (Wildman–Crippen LogP) is 4.46. The lowest BCUT2D eigenvalue weighted by atomic mass is 10.2. The van der Waals surface area contributed by atoms with Crippen LogP contribution in [0.4, 0.5) is 11.8 Å². The van der Waals surface area contributed by atoms with Gasteiger partial charge in [0.25, 0.3) is 0 Å². The predicted molar refractivity (Wildman–Crippen MR) is 106 cm³/mol. The molecule has 5 nitrogen and oxygen atoms in total. The normalized spacial score (nSPS) is 14.8. The number of hydrogen-bond donors (Lipinski definition) is 2. The molecule has 0 amide bonds. The maximum absolute atomic E-state index is 5.29. The van der Waals surface area contributed by atoms with E-state index in [1.54, 1.807) is 7.11 Å². The fourth-order valence-corrected chi connectivity index (χ4v) is 3.16. The minimum Gasteiger partial charge on any atom is -0.497 e. The van der Waals surface area contributed by atoms with Gasteiger partial charge in [-0.3, -0.25) is 0 Å². The molecule has 2 N–H and O–H groups in total. The van der Waals surface area contributed by atoms with Gasteiger partial charge in [-0.15, -0.1) is 0 Å². The van der Waals surface area contributed by atoms with Crippen LogP contribution in [-0.2, 0) is 6.54 Å². The molecule has 2 aromatic carbocycles. The van der Waals surface area contributed by atoms with Crippen molar-refractivity contribution >= 4 is 22.7 Å². The highest BCUT2D eigenvalue weighted by Gasteiger charge is 2.28. The van der Waals surface area contributed by atoms with Crippen molar-refractivity contribution in [1.29, 1.82) is 0 Å². The first-order chi connectivity index (χ1) is 12.7. The molecule has 1 unspecified atom stereocenters. The molecule has 0 radical (unpaired) electrons. The summed E-state index contributed by atoms with van der Waals surface area (Å²) < 4.78 is 5.29. The van der Waals surface area contributed by atoms with Crippen molar-refractivity contribution < 1.29 is 4.74 Å². The van der Waals surface area contributed by atoms with Crippen molar-refractivity contribution in [3.63, 3.8) is 0 Å². The van der Waals surface area contributed by atoms with Crippen LogP contribution < -0.4 is 15.4 Å². The third-order valence-electron chi connectivity index (χ3n) is 4.88. The molecule has 1 fully saturated rings. The molecule has 1 aromatic heterocycles. The van der Waals surface area contributed by atoms with Gasteiger partial charge in [-0.25, -0.2) is 4.98 Å². The van der Waals surface area contributed by atoms with E-state index < -0.39 is 0 Å². The molecular formula is C21H24N4O. The molecule has 134 valence electrons. The summed E-state index contributed by atoms with van der Waals surface area (Å²) in [6, 6.07) is 16.6. The maximum atomic E-state index is 5.29. The van der Waals surface area contributed by atoms with E-state index in [1.807, 2.05) is 36.4 Å². The smallest absolute Gasteiger partial charge is 0.225 e. The molecule has 5 heteroatoms. The summed E-state index contributed by atoms with van der Waals surface area (Å²) in [4.78, 5) is 9.41. The minimum absolute atomic E-state index is 0.430. The number of ether oxygens (including phenoxy) is 1. The Morgan fingerprint density at radius 3 is 2.77 bits per heavy atom. The van der Waals surface area contributed by atoms with Gasteiger partial charge in [0, 0.05) is 18.0 Å². The van der Waals surface area contributed by atoms with Crippen LogP contribution in [-0.4, -0.2) is 23.1 Å². The molecule has 0 aliphatic heterocycles. The van der Waals surface area contributed by atoms with E-state index >= 15 is 0 Å². The first-order valence-electron chi connectivity index (χ1n) is 9.13. The molecule has 1 heterocycles. The lowest BCUT2D eigenvalue weighted by molar-refractivity contribution is 0.414. The molecule has 4 rings (SSSR count). The summed E-state index contributed by atoms with van der Waals surface area (Å²) in [5.41, 5.74) is 2.07. The zero-order valence-corrected chi connectivity index (χ0v) is 15.2. The van der Waals surface area contributed by atoms with Gasteiger partial charge in [0.2, 0.25) is 5.95 Å².